The Balaban J connectivity index is 2.91. The molecule has 5 nitrogen and oxygen atoms in total. The Morgan fingerprint density at radius 3 is 2.22 bits per heavy atom. The van der Waals surface area contributed by atoms with E-state index in [1.165, 1.54) is 32.0 Å². The molecule has 0 aliphatic rings. The average Bonchev–Trinajstić information content (AvgIpc) is 2.26. The summed E-state index contributed by atoms with van der Waals surface area (Å²) in [5, 5.41) is -0.575. The average molecular weight is 291 g/mol. The third-order valence-electron chi connectivity index (χ3n) is 2.57. The lowest BCUT2D eigenvalue weighted by Crippen LogP contribution is -2.23. The highest BCUT2D eigenvalue weighted by Gasteiger charge is 2.22. The molecule has 0 fully saturated rings. The van der Waals surface area contributed by atoms with Gasteiger partial charge in [-0.25, -0.2) is 16.8 Å². The Hall–Kier alpha value is -1.08. The van der Waals surface area contributed by atoms with Crippen molar-refractivity contribution in [3.63, 3.8) is 0 Å². The molecule has 18 heavy (non-hydrogen) atoms. The number of anilines is 1. The summed E-state index contributed by atoms with van der Waals surface area (Å²) >= 11 is 0. The van der Waals surface area contributed by atoms with Gasteiger partial charge in [0.25, 0.3) is 0 Å². The van der Waals surface area contributed by atoms with Gasteiger partial charge in [-0.15, -0.1) is 0 Å². The van der Waals surface area contributed by atoms with Gasteiger partial charge in [0.05, 0.1) is 21.7 Å². The first kappa shape index (κ1) is 15.0. The van der Waals surface area contributed by atoms with Crippen LogP contribution in [0.15, 0.2) is 29.2 Å². The molecule has 2 N–H and O–H groups in total. The summed E-state index contributed by atoms with van der Waals surface area (Å²) in [6, 6.07) is 5.84. The van der Waals surface area contributed by atoms with Crippen LogP contribution in [0, 0.1) is 0 Å². The lowest BCUT2D eigenvalue weighted by Gasteiger charge is -2.08. The third-order valence-corrected chi connectivity index (χ3v) is 6.75. The van der Waals surface area contributed by atoms with Crippen molar-refractivity contribution in [2.75, 3.05) is 17.2 Å². The second kappa shape index (κ2) is 5.27. The first-order chi connectivity index (χ1) is 8.15. The van der Waals surface area contributed by atoms with Crippen LogP contribution < -0.4 is 5.73 Å². The van der Waals surface area contributed by atoms with Crippen molar-refractivity contribution in [3.8, 4) is 0 Å². The maximum atomic E-state index is 11.9. The van der Waals surface area contributed by atoms with Crippen LogP contribution in [0.25, 0.3) is 0 Å². The SMILES string of the molecule is CC(C)S(=O)(=O)CCS(=O)(=O)c1cccc(N)c1. The highest BCUT2D eigenvalue weighted by Crippen LogP contribution is 2.15. The van der Waals surface area contributed by atoms with Crippen LogP contribution >= 0.6 is 0 Å². The van der Waals surface area contributed by atoms with Crippen molar-refractivity contribution in [1.82, 2.24) is 0 Å². The zero-order valence-electron chi connectivity index (χ0n) is 10.3. The Kier molecular flexibility index (Phi) is 4.39. The van der Waals surface area contributed by atoms with Gasteiger partial charge in [0.15, 0.2) is 19.7 Å². The summed E-state index contributed by atoms with van der Waals surface area (Å²) in [6.07, 6.45) is 0. The standard InChI is InChI=1S/C11H17NO4S2/c1-9(2)17(13,14)6-7-18(15,16)11-5-3-4-10(12)8-11/h3-5,8-9H,6-7,12H2,1-2H3. The number of hydrogen-bond acceptors (Lipinski definition) is 5. The number of benzene rings is 1. The van der Waals surface area contributed by atoms with E-state index in [2.05, 4.69) is 0 Å². The van der Waals surface area contributed by atoms with E-state index in [0.29, 0.717) is 5.69 Å². The fourth-order valence-corrected chi connectivity index (χ4v) is 4.40. The molecule has 0 unspecified atom stereocenters. The summed E-state index contributed by atoms with van der Waals surface area (Å²) in [5.41, 5.74) is 5.84. The van der Waals surface area contributed by atoms with Crippen LogP contribution in [0.1, 0.15) is 13.8 Å². The molecule has 0 spiro atoms. The van der Waals surface area contributed by atoms with Crippen LogP contribution in [-0.2, 0) is 19.7 Å². The van der Waals surface area contributed by atoms with Crippen LogP contribution in [0.2, 0.25) is 0 Å². The third kappa shape index (κ3) is 3.71. The monoisotopic (exact) mass is 291 g/mol. The number of hydrogen-bond donors (Lipinski definition) is 1. The summed E-state index contributed by atoms with van der Waals surface area (Å²) in [5.74, 6) is -0.793. The summed E-state index contributed by atoms with van der Waals surface area (Å²) in [4.78, 5) is 0.0569. The molecule has 0 saturated heterocycles. The van der Waals surface area contributed by atoms with E-state index in [1.807, 2.05) is 0 Å². The molecule has 1 aromatic rings. The lowest BCUT2D eigenvalue weighted by atomic mass is 10.3. The minimum atomic E-state index is -3.61. The summed E-state index contributed by atoms with van der Waals surface area (Å²) in [6.45, 7) is 3.06. The van der Waals surface area contributed by atoms with Crippen molar-refractivity contribution in [2.24, 2.45) is 0 Å². The topological polar surface area (TPSA) is 94.3 Å². The Labute approximate surface area is 108 Å². The Morgan fingerprint density at radius 2 is 1.72 bits per heavy atom. The summed E-state index contributed by atoms with van der Waals surface area (Å²) < 4.78 is 47.0. The number of nitrogens with two attached hydrogens (primary N) is 1. The fourth-order valence-electron chi connectivity index (χ4n) is 1.29. The predicted molar refractivity (Wildman–Crippen MR) is 71.8 cm³/mol. The minimum Gasteiger partial charge on any atom is -0.399 e. The first-order valence-electron chi connectivity index (χ1n) is 5.45. The minimum absolute atomic E-state index is 0.0569. The van der Waals surface area contributed by atoms with Crippen LogP contribution in [0.3, 0.4) is 0 Å². The van der Waals surface area contributed by atoms with Crippen molar-refractivity contribution < 1.29 is 16.8 Å². The molecule has 1 rings (SSSR count). The van der Waals surface area contributed by atoms with Gasteiger partial charge in [0.2, 0.25) is 0 Å². The lowest BCUT2D eigenvalue weighted by molar-refractivity contribution is 0.582. The maximum Gasteiger partial charge on any atom is 0.179 e. The van der Waals surface area contributed by atoms with Crippen molar-refractivity contribution in [3.05, 3.63) is 24.3 Å². The van der Waals surface area contributed by atoms with E-state index >= 15 is 0 Å². The zero-order chi connectivity index (χ0) is 14.0. The molecule has 7 heteroatoms. The fraction of sp³-hybridized carbons (Fsp3) is 0.455. The predicted octanol–water partition coefficient (Wildman–Crippen LogP) is 0.866. The molecule has 0 aliphatic carbocycles. The van der Waals surface area contributed by atoms with Gasteiger partial charge >= 0.3 is 0 Å². The smallest absolute Gasteiger partial charge is 0.179 e. The number of nitrogen functional groups attached to an aromatic ring is 1. The number of rotatable bonds is 5. The molecule has 0 radical (unpaired) electrons. The van der Waals surface area contributed by atoms with Crippen LogP contribution in [-0.4, -0.2) is 33.6 Å². The van der Waals surface area contributed by atoms with Gasteiger partial charge in [-0.3, -0.25) is 0 Å². The molecular formula is C11H17NO4S2. The molecule has 0 bridgehead atoms. The van der Waals surface area contributed by atoms with Gasteiger partial charge in [0, 0.05) is 5.69 Å². The molecule has 0 atom stereocenters. The van der Waals surface area contributed by atoms with E-state index in [-0.39, 0.29) is 10.6 Å². The van der Waals surface area contributed by atoms with Crippen molar-refractivity contribution >= 4 is 25.4 Å². The second-order valence-electron chi connectivity index (χ2n) is 4.31. The summed E-state index contributed by atoms with van der Waals surface area (Å²) in [7, 11) is -6.97. The zero-order valence-corrected chi connectivity index (χ0v) is 12.0. The van der Waals surface area contributed by atoms with Crippen molar-refractivity contribution in [2.45, 2.75) is 24.0 Å². The highest BCUT2D eigenvalue weighted by atomic mass is 32.2. The molecule has 0 heterocycles. The molecule has 0 saturated carbocycles. The van der Waals surface area contributed by atoms with Crippen molar-refractivity contribution in [1.29, 1.82) is 0 Å². The van der Waals surface area contributed by atoms with Crippen LogP contribution in [0.4, 0.5) is 5.69 Å². The van der Waals surface area contributed by atoms with Crippen LogP contribution in [0.5, 0.6) is 0 Å². The molecular weight excluding hydrogens is 274 g/mol. The quantitative estimate of drug-likeness (QED) is 0.812. The first-order valence-corrected chi connectivity index (χ1v) is 8.82. The van der Waals surface area contributed by atoms with E-state index < -0.39 is 30.7 Å². The number of sulfone groups is 2. The molecule has 0 aromatic heterocycles. The highest BCUT2D eigenvalue weighted by molar-refractivity contribution is 7.95. The Morgan fingerprint density at radius 1 is 1.11 bits per heavy atom. The molecule has 1 aromatic carbocycles. The Bertz CT molecular complexity index is 618. The molecule has 102 valence electrons. The second-order valence-corrected chi connectivity index (χ2v) is 9.09. The van der Waals surface area contributed by atoms with Gasteiger partial charge < -0.3 is 5.73 Å². The largest absolute Gasteiger partial charge is 0.399 e. The van der Waals surface area contributed by atoms with Gasteiger partial charge in [-0.05, 0) is 32.0 Å². The van der Waals surface area contributed by atoms with E-state index in [1.54, 1.807) is 6.07 Å². The van der Waals surface area contributed by atoms with Gasteiger partial charge in [0.1, 0.15) is 0 Å². The van der Waals surface area contributed by atoms with Gasteiger partial charge in [-0.1, -0.05) is 6.07 Å². The van der Waals surface area contributed by atoms with E-state index in [0.717, 1.165) is 0 Å². The van der Waals surface area contributed by atoms with E-state index in [4.69, 9.17) is 5.73 Å². The van der Waals surface area contributed by atoms with E-state index in [9.17, 15) is 16.8 Å². The normalized spacial score (nSPS) is 12.8. The molecule has 0 amide bonds. The van der Waals surface area contributed by atoms with Gasteiger partial charge in [-0.2, -0.15) is 0 Å². The maximum absolute atomic E-state index is 11.9. The molecule has 0 aliphatic heterocycles.